The number of likely N-dealkylation sites (N-methyl/N-ethyl adjacent to an activating group) is 3. The number of primary amides is 2. The summed E-state index contributed by atoms with van der Waals surface area (Å²) in [4.78, 5) is 267. The number of H-pyrrole nitrogens is 3. The van der Waals surface area contributed by atoms with E-state index in [1.54, 1.807) is 81.7 Å². The van der Waals surface area contributed by atoms with Gasteiger partial charge >= 0.3 is 0 Å². The molecule has 16 amide bonds. The van der Waals surface area contributed by atoms with Gasteiger partial charge in [-0.3, -0.25) is 92.2 Å². The number of fused-ring (bicyclic) bond motifs is 4. The first-order chi connectivity index (χ1) is 63.8. The van der Waals surface area contributed by atoms with Crippen LogP contribution in [0.3, 0.4) is 0 Å². The standard InChI is InChI=1S/C88H122N24O21S/c1-8-9-21-69-86(133)110(7)70(42-114)81(128)100-59(20-14-27-94-87(91)92)76(123)106-67(75(122)97-39-72(90)119)43-134-44-73(120)99-63(30-49-23-25-53(116)26-24-49)82(129)108(5)48(4)74(121)102-65(34-71(89)118)84(131)111-28-15-22-68(111)80(127)101-60(33-52-38-93-46-98-52)77(124)103-62(29-47(2)3)85(132)112-40-54(117)35-88(112,45-115)107-61(31-50-36-95-57-18-12-10-16-55(50)57)78(125)105-66(41-113)79(126)104-64(83(130)109(69)6)32-51-37-96-58-19-13-11-17-56(51)58/h10-13,16-19,23-26,36-38,45-48,54,59-70,95-96,107,113-114,116-117H,8-9,14-15,20-22,27-35,39-44H2,1-7H3,(H2,89,118)(H2,90,119)(H,93,98)(H,97,122)(H,99,120)(H,100,128)(H,101,127)(H,102,121)(H,103,124)(H,104,126)(H,105,125)(H,106,123)(H4,91,92,94)/t48-,54+,59-,60-,61-,62-,63-,64-,65-,66-,67?,68-,69-,70-,88?/m0/s1. The smallest absolute Gasteiger partial charge is 0.247 e. The molecule has 9 rings (SSSR count). The molecule has 2 unspecified atom stereocenters. The van der Waals surface area contributed by atoms with Crippen molar-refractivity contribution in [3.63, 3.8) is 0 Å². The Kier molecular flexibility index (Phi) is 37.8. The molecule has 3 aromatic carbocycles. The monoisotopic (exact) mass is 1880 g/mol. The van der Waals surface area contributed by atoms with Crippen molar-refractivity contribution in [1.29, 1.82) is 5.41 Å². The zero-order valence-corrected chi connectivity index (χ0v) is 76.4. The number of carbonyl (C=O) groups excluding carboxylic acids is 17. The van der Waals surface area contributed by atoms with E-state index in [9.17, 15) is 73.2 Å². The molecule has 3 saturated heterocycles. The Morgan fingerprint density at radius 1 is 0.612 bits per heavy atom. The van der Waals surface area contributed by atoms with E-state index in [0.29, 0.717) is 51.2 Å². The number of thioether (sulfide) groups is 1. The molecule has 0 spiro atoms. The molecule has 15 atom stereocenters. The first-order valence-corrected chi connectivity index (χ1v) is 45.3. The number of amides is 16. The third-order valence-corrected chi connectivity index (χ3v) is 24.8. The second-order valence-electron chi connectivity index (χ2n) is 34.1. The number of rotatable bonds is 25. The van der Waals surface area contributed by atoms with Gasteiger partial charge in [-0.15, -0.1) is 11.8 Å². The van der Waals surface area contributed by atoms with Crippen molar-refractivity contribution in [3.8, 4) is 5.75 Å². The molecule has 6 heterocycles. The van der Waals surface area contributed by atoms with Crippen molar-refractivity contribution in [2.24, 2.45) is 23.1 Å². The molecule has 3 fully saturated rings. The summed E-state index contributed by atoms with van der Waals surface area (Å²) in [5.74, 6) is -18.3. The fourth-order valence-electron chi connectivity index (χ4n) is 16.5. The van der Waals surface area contributed by atoms with Crippen molar-refractivity contribution in [3.05, 3.63) is 120 Å². The fourth-order valence-corrected chi connectivity index (χ4v) is 17.3. The quantitative estimate of drug-likeness (QED) is 0.0110. The Hall–Kier alpha value is -13.6. The number of unbranched alkanes of at least 4 members (excludes halogenated alkanes) is 1. The Balaban J connectivity index is 1.11. The van der Waals surface area contributed by atoms with Crippen LogP contribution in [0.2, 0.25) is 0 Å². The summed E-state index contributed by atoms with van der Waals surface area (Å²) in [5.41, 5.74) is 17.2. The summed E-state index contributed by atoms with van der Waals surface area (Å²) in [6, 6.07) is -2.09. The number of nitrogens with one attached hydrogen (secondary N) is 15. The molecule has 726 valence electrons. The van der Waals surface area contributed by atoms with Gasteiger partial charge < -0.3 is 130 Å². The highest BCUT2D eigenvalue weighted by Crippen LogP contribution is 2.31. The van der Waals surface area contributed by atoms with Gasteiger partial charge in [-0.25, -0.2) is 4.98 Å². The number of aliphatic hydroxyl groups excluding tert-OH is 3. The summed E-state index contributed by atoms with van der Waals surface area (Å²) < 4.78 is 0. The lowest BCUT2D eigenvalue weighted by Gasteiger charge is -2.39. The van der Waals surface area contributed by atoms with Gasteiger partial charge in [0.25, 0.3) is 0 Å². The highest BCUT2D eigenvalue weighted by Gasteiger charge is 2.52. The molecule has 0 saturated carbocycles. The number of phenols is 1. The number of guanidine groups is 1. The van der Waals surface area contributed by atoms with Crippen LogP contribution in [0, 0.1) is 11.3 Å². The minimum Gasteiger partial charge on any atom is -0.508 e. The maximum Gasteiger partial charge on any atom is 0.247 e. The minimum atomic E-state index is -2.33. The number of hydrogen-bond donors (Lipinski definition) is 22. The van der Waals surface area contributed by atoms with Crippen LogP contribution in [0.25, 0.3) is 21.8 Å². The van der Waals surface area contributed by atoms with Gasteiger partial charge in [0.2, 0.25) is 94.5 Å². The van der Waals surface area contributed by atoms with Crippen molar-refractivity contribution in [1.82, 2.24) is 103 Å². The zero-order valence-electron chi connectivity index (χ0n) is 75.6. The number of nitrogens with zero attached hydrogens (tertiary/aromatic N) is 6. The average molecular weight is 1880 g/mol. The predicted molar refractivity (Wildman–Crippen MR) is 487 cm³/mol. The molecule has 0 aliphatic carbocycles. The molecule has 0 bridgehead atoms. The van der Waals surface area contributed by atoms with Crippen molar-refractivity contribution < 1.29 is 102 Å². The van der Waals surface area contributed by atoms with Crippen LogP contribution < -0.4 is 75.7 Å². The van der Waals surface area contributed by atoms with Crippen LogP contribution in [-0.2, 0) is 107 Å². The van der Waals surface area contributed by atoms with Gasteiger partial charge in [0.15, 0.2) is 17.9 Å². The summed E-state index contributed by atoms with van der Waals surface area (Å²) >= 11 is 0.722. The molecular formula is C88H122N24O21S. The van der Waals surface area contributed by atoms with Crippen molar-refractivity contribution in [2.45, 2.75) is 208 Å². The van der Waals surface area contributed by atoms with E-state index in [-0.39, 0.29) is 95.2 Å². The number of imidazole rings is 1. The Bertz CT molecular complexity index is 5210. The topological polar surface area (TPSA) is 682 Å². The first-order valence-electron chi connectivity index (χ1n) is 44.1. The largest absolute Gasteiger partial charge is 0.508 e. The average Bonchev–Trinajstić information content (AvgIpc) is 1.61. The molecule has 3 aliphatic heterocycles. The van der Waals surface area contributed by atoms with Crippen LogP contribution in [0.5, 0.6) is 5.75 Å². The lowest BCUT2D eigenvalue weighted by molar-refractivity contribution is -0.150. The number of nitrogens with two attached hydrogens (primary N) is 3. The summed E-state index contributed by atoms with van der Waals surface area (Å²) in [6.07, 6.45) is 2.13. The van der Waals surface area contributed by atoms with E-state index in [0.717, 1.165) is 43.3 Å². The Morgan fingerprint density at radius 3 is 1.80 bits per heavy atom. The number of aromatic nitrogens is 4. The number of para-hydroxylation sites is 2. The van der Waals surface area contributed by atoms with E-state index in [2.05, 4.69) is 78.4 Å². The van der Waals surface area contributed by atoms with Crippen LogP contribution in [0.1, 0.15) is 114 Å². The third kappa shape index (κ3) is 27.8. The van der Waals surface area contributed by atoms with E-state index in [4.69, 9.17) is 22.6 Å². The molecule has 25 N–H and O–H groups in total. The second-order valence-corrected chi connectivity index (χ2v) is 35.1. The Morgan fingerprint density at radius 2 is 1.19 bits per heavy atom. The van der Waals surface area contributed by atoms with E-state index in [1.807, 2.05) is 0 Å². The molecule has 134 heavy (non-hydrogen) atoms. The maximum atomic E-state index is 15.7. The van der Waals surface area contributed by atoms with Crippen LogP contribution in [-0.4, -0.2) is 334 Å². The van der Waals surface area contributed by atoms with Gasteiger partial charge in [-0.05, 0) is 98.7 Å². The molecule has 45 nitrogen and oxygen atoms in total. The van der Waals surface area contributed by atoms with Crippen LogP contribution >= 0.6 is 11.8 Å². The van der Waals surface area contributed by atoms with Gasteiger partial charge in [0, 0.05) is 118 Å². The molecular weight excluding hydrogens is 1760 g/mol. The third-order valence-electron chi connectivity index (χ3n) is 23.8. The number of benzene rings is 3. The van der Waals surface area contributed by atoms with Gasteiger partial charge in [0.05, 0.1) is 50.4 Å². The number of aromatic amines is 3. The van der Waals surface area contributed by atoms with E-state index in [1.165, 1.54) is 57.8 Å². The normalized spacial score (nSPS) is 25.3. The lowest BCUT2D eigenvalue weighted by atomic mass is 9.98. The van der Waals surface area contributed by atoms with Gasteiger partial charge in [0.1, 0.15) is 78.3 Å². The SMILES string of the molecule is CCCC[C@H]1C(=O)N(C)[C@@H](CO)C(=O)N[C@@H](CCCNC(=N)N)C(=O)NC(C(=O)NCC(N)=O)CSCC(=O)N[C@@H](Cc2ccc(O)cc2)C(=O)N(C)[C@@H](C)C(=O)N[C@@H](CC(N)=O)C(=O)N2CCC[C@H]2C(=O)N[C@@H](Cc2cnc[nH]2)C(=O)N[C@@H](CC(C)C)C(=O)N2C[C@H](O)CC2(C=O)N[C@@H](Cc2c[nH]c3ccccc23)C(=O)N[C@@H](CO)C(=O)N[C@@H](Cc2c[nH]c3ccccc23)C(=O)N1C. The number of aldehydes is 1. The second kappa shape index (κ2) is 48.7. The summed E-state index contributed by atoms with van der Waals surface area (Å²) in [5, 5.41) is 82.2. The number of hydrogen-bond acceptors (Lipinski definition) is 25. The number of aliphatic hydroxyl groups is 3. The molecule has 3 aromatic heterocycles. The van der Waals surface area contributed by atoms with Gasteiger partial charge in [-0.1, -0.05) is 82.1 Å². The summed E-state index contributed by atoms with van der Waals surface area (Å²) in [7, 11) is 3.61. The molecule has 6 aromatic rings. The highest BCUT2D eigenvalue weighted by atomic mass is 32.2. The minimum absolute atomic E-state index is 0.0339. The van der Waals surface area contributed by atoms with Gasteiger partial charge in [-0.2, -0.15) is 0 Å². The first kappa shape index (κ1) is 104. The fraction of sp³-hybridized carbons (Fsp3) is 0.511. The van der Waals surface area contributed by atoms with E-state index < -0.39 is 247 Å². The Labute approximate surface area is 775 Å². The van der Waals surface area contributed by atoms with Crippen molar-refractivity contribution in [2.75, 3.05) is 72.0 Å². The van der Waals surface area contributed by atoms with E-state index >= 15 is 28.8 Å². The zero-order chi connectivity index (χ0) is 97.9. The molecule has 0 radical (unpaired) electrons. The van der Waals surface area contributed by atoms with Crippen molar-refractivity contribution >= 4 is 140 Å². The van der Waals surface area contributed by atoms with Crippen LogP contribution in [0.4, 0.5) is 0 Å². The molecule has 46 heteroatoms. The highest BCUT2D eigenvalue weighted by molar-refractivity contribution is 8.00. The number of carbonyl (C=O) groups is 17. The van der Waals surface area contributed by atoms with Crippen LogP contribution in [0.15, 0.2) is 97.7 Å². The number of phenolic OH excluding ortho intramolecular Hbond substituents is 1. The maximum absolute atomic E-state index is 15.7. The number of aromatic hydroxyl groups is 1. The predicted octanol–water partition coefficient (Wildman–Crippen LogP) is -5.13. The molecule has 3 aliphatic rings. The lowest BCUT2D eigenvalue weighted by Crippen LogP contribution is -2.67. The summed E-state index contributed by atoms with van der Waals surface area (Å²) in [6.45, 7) is 2.67.